The highest BCUT2D eigenvalue weighted by molar-refractivity contribution is 9.10. The van der Waals surface area contributed by atoms with E-state index in [1.54, 1.807) is 36.4 Å². The second kappa shape index (κ2) is 6.67. The van der Waals surface area contributed by atoms with E-state index in [0.29, 0.717) is 16.5 Å². The second-order valence-electron chi connectivity index (χ2n) is 4.98. The number of aromatic nitrogens is 1. The maximum Gasteiger partial charge on any atom is 0.276 e. The predicted octanol–water partition coefficient (Wildman–Crippen LogP) is 2.76. The maximum atomic E-state index is 12.4. The smallest absolute Gasteiger partial charge is 0.276 e. The van der Waals surface area contributed by atoms with Crippen LogP contribution >= 0.6 is 15.9 Å². The van der Waals surface area contributed by atoms with Gasteiger partial charge in [-0.15, -0.1) is 0 Å². The number of aromatic amines is 1. The molecule has 0 radical (unpaired) electrons. The van der Waals surface area contributed by atoms with E-state index in [-0.39, 0.29) is 16.7 Å². The summed E-state index contributed by atoms with van der Waals surface area (Å²) in [4.78, 5) is 27.5. The third-order valence-electron chi connectivity index (χ3n) is 3.39. The fourth-order valence-corrected chi connectivity index (χ4v) is 2.54. The number of nitrogens with zero attached hydrogens (tertiary/aromatic N) is 1. The summed E-state index contributed by atoms with van der Waals surface area (Å²) in [7, 11) is 0. The van der Waals surface area contributed by atoms with Crippen molar-refractivity contribution in [3.63, 3.8) is 0 Å². The second-order valence-corrected chi connectivity index (χ2v) is 5.89. The first-order chi connectivity index (χ1) is 11.6. The van der Waals surface area contributed by atoms with E-state index < -0.39 is 5.91 Å². The van der Waals surface area contributed by atoms with E-state index in [4.69, 9.17) is 0 Å². The minimum atomic E-state index is -0.634. The molecule has 0 fully saturated rings. The van der Waals surface area contributed by atoms with Crippen LogP contribution in [0.3, 0.4) is 0 Å². The fourth-order valence-electron chi connectivity index (χ4n) is 2.18. The number of carbonyl (C=O) groups excluding carboxylic acids is 1. The number of phenols is 1. The van der Waals surface area contributed by atoms with E-state index in [0.717, 1.165) is 4.47 Å². The molecule has 0 saturated carbocycles. The van der Waals surface area contributed by atoms with Crippen molar-refractivity contribution in [1.82, 2.24) is 10.4 Å². The molecular formula is C17H12BrN3O3. The number of amides is 1. The van der Waals surface area contributed by atoms with Crippen LogP contribution in [0.25, 0.3) is 10.9 Å². The first-order valence-electron chi connectivity index (χ1n) is 6.98. The molecular weight excluding hydrogens is 374 g/mol. The minimum absolute atomic E-state index is 0.0453. The highest BCUT2D eigenvalue weighted by Crippen LogP contribution is 2.16. The summed E-state index contributed by atoms with van der Waals surface area (Å²) in [6.45, 7) is 0. The van der Waals surface area contributed by atoms with E-state index >= 15 is 0 Å². The van der Waals surface area contributed by atoms with Gasteiger partial charge in [0.25, 0.3) is 5.91 Å². The SMILES string of the molecule is O=C(N/N=C/c1ccccc1O)c1c[nH]c2ccc(Br)cc2c1=O. The summed E-state index contributed by atoms with van der Waals surface area (Å²) in [5.74, 6) is -0.589. The molecule has 7 heteroatoms. The van der Waals surface area contributed by atoms with Gasteiger partial charge in [-0.05, 0) is 30.3 Å². The Morgan fingerprint density at radius 1 is 1.25 bits per heavy atom. The molecule has 24 heavy (non-hydrogen) atoms. The lowest BCUT2D eigenvalue weighted by atomic mass is 10.1. The van der Waals surface area contributed by atoms with Gasteiger partial charge in [0, 0.05) is 27.1 Å². The number of rotatable bonds is 3. The van der Waals surface area contributed by atoms with E-state index in [1.807, 2.05) is 0 Å². The van der Waals surface area contributed by atoms with Crippen molar-refractivity contribution < 1.29 is 9.90 Å². The van der Waals surface area contributed by atoms with Crippen LogP contribution in [0.1, 0.15) is 15.9 Å². The van der Waals surface area contributed by atoms with E-state index in [9.17, 15) is 14.7 Å². The van der Waals surface area contributed by atoms with E-state index in [2.05, 4.69) is 31.4 Å². The Morgan fingerprint density at radius 2 is 2.04 bits per heavy atom. The van der Waals surface area contributed by atoms with Crippen LogP contribution < -0.4 is 10.9 Å². The van der Waals surface area contributed by atoms with Gasteiger partial charge < -0.3 is 10.1 Å². The summed E-state index contributed by atoms with van der Waals surface area (Å²) >= 11 is 3.30. The van der Waals surface area contributed by atoms with E-state index in [1.165, 1.54) is 18.5 Å². The molecule has 0 saturated heterocycles. The van der Waals surface area contributed by atoms with Crippen LogP contribution in [-0.2, 0) is 0 Å². The van der Waals surface area contributed by atoms with Crippen LogP contribution in [0.4, 0.5) is 0 Å². The first kappa shape index (κ1) is 15.9. The van der Waals surface area contributed by atoms with Gasteiger partial charge in [-0.3, -0.25) is 9.59 Å². The van der Waals surface area contributed by atoms with Crippen LogP contribution in [0, 0.1) is 0 Å². The molecule has 0 bridgehead atoms. The third-order valence-corrected chi connectivity index (χ3v) is 3.89. The van der Waals surface area contributed by atoms with Gasteiger partial charge in [0.2, 0.25) is 5.43 Å². The molecule has 0 aliphatic rings. The van der Waals surface area contributed by atoms with Crippen molar-refractivity contribution in [2.75, 3.05) is 0 Å². The lowest BCUT2D eigenvalue weighted by Crippen LogP contribution is -2.25. The number of phenolic OH excluding ortho intramolecular Hbond substituents is 1. The average Bonchev–Trinajstić information content (AvgIpc) is 2.57. The molecule has 120 valence electrons. The molecule has 0 unspecified atom stereocenters. The van der Waals surface area contributed by atoms with Crippen molar-refractivity contribution >= 4 is 39.0 Å². The van der Waals surface area contributed by atoms with Gasteiger partial charge in [0.05, 0.1) is 6.21 Å². The van der Waals surface area contributed by atoms with Gasteiger partial charge in [0.1, 0.15) is 11.3 Å². The number of fused-ring (bicyclic) bond motifs is 1. The number of hydrogen-bond donors (Lipinski definition) is 3. The average molecular weight is 386 g/mol. The summed E-state index contributed by atoms with van der Waals surface area (Å²) in [5, 5.41) is 13.8. The topological polar surface area (TPSA) is 94.5 Å². The molecule has 0 aliphatic carbocycles. The van der Waals surface area contributed by atoms with Gasteiger partial charge in [-0.1, -0.05) is 28.1 Å². The Balaban J connectivity index is 1.85. The molecule has 0 aliphatic heterocycles. The Hall–Kier alpha value is -2.93. The number of aromatic hydroxyl groups is 1. The molecule has 1 aromatic heterocycles. The lowest BCUT2D eigenvalue weighted by molar-refractivity contribution is 0.0954. The van der Waals surface area contributed by atoms with Crippen LogP contribution in [0.2, 0.25) is 0 Å². The summed E-state index contributed by atoms with van der Waals surface area (Å²) in [5.41, 5.74) is 2.94. The Labute approximate surface area is 145 Å². The monoisotopic (exact) mass is 385 g/mol. The highest BCUT2D eigenvalue weighted by Gasteiger charge is 2.12. The minimum Gasteiger partial charge on any atom is -0.507 e. The van der Waals surface area contributed by atoms with Crippen molar-refractivity contribution in [1.29, 1.82) is 0 Å². The largest absolute Gasteiger partial charge is 0.507 e. The van der Waals surface area contributed by atoms with Gasteiger partial charge in [-0.2, -0.15) is 5.10 Å². The van der Waals surface area contributed by atoms with Crippen LogP contribution in [0.5, 0.6) is 5.75 Å². The molecule has 3 rings (SSSR count). The lowest BCUT2D eigenvalue weighted by Gasteiger charge is -2.03. The number of hydrogen-bond acceptors (Lipinski definition) is 4. The Bertz CT molecular complexity index is 1010. The zero-order valence-corrected chi connectivity index (χ0v) is 13.9. The molecule has 0 spiro atoms. The summed E-state index contributed by atoms with van der Waals surface area (Å²) < 4.78 is 0.746. The molecule has 6 nitrogen and oxygen atoms in total. The molecule has 3 N–H and O–H groups in total. The third kappa shape index (κ3) is 3.21. The molecule has 2 aromatic carbocycles. The molecule has 0 atom stereocenters. The zero-order valence-electron chi connectivity index (χ0n) is 12.3. The molecule has 1 heterocycles. The molecule has 1 amide bonds. The number of hydrazone groups is 1. The standard InChI is InChI=1S/C17H12BrN3O3/c18-11-5-6-14-12(7-11)16(23)13(9-19-14)17(24)21-20-8-10-3-1-2-4-15(10)22/h1-9,22H,(H,19,23)(H,21,24)/b20-8+. The summed E-state index contributed by atoms with van der Waals surface area (Å²) in [6.07, 6.45) is 2.66. The van der Waals surface area contributed by atoms with Crippen molar-refractivity contribution in [2.24, 2.45) is 5.10 Å². The number of benzene rings is 2. The number of pyridine rings is 1. The number of para-hydroxylation sites is 1. The maximum absolute atomic E-state index is 12.4. The Morgan fingerprint density at radius 3 is 2.83 bits per heavy atom. The highest BCUT2D eigenvalue weighted by atomic mass is 79.9. The van der Waals surface area contributed by atoms with Crippen molar-refractivity contribution in [3.05, 3.63) is 74.5 Å². The van der Waals surface area contributed by atoms with Gasteiger partial charge in [0.15, 0.2) is 0 Å². The normalized spacial score (nSPS) is 11.0. The fraction of sp³-hybridized carbons (Fsp3) is 0. The number of nitrogens with one attached hydrogen (secondary N) is 2. The number of carbonyl (C=O) groups is 1. The van der Waals surface area contributed by atoms with Crippen LogP contribution in [-0.4, -0.2) is 22.2 Å². The quantitative estimate of drug-likeness (QED) is 0.477. The zero-order chi connectivity index (χ0) is 17.1. The predicted molar refractivity (Wildman–Crippen MR) is 95.4 cm³/mol. The number of H-pyrrole nitrogens is 1. The van der Waals surface area contributed by atoms with Crippen LogP contribution in [0.15, 0.2) is 63.0 Å². The Kier molecular flexibility index (Phi) is 4.43. The molecule has 3 aromatic rings. The first-order valence-corrected chi connectivity index (χ1v) is 7.78. The van der Waals surface area contributed by atoms with Crippen molar-refractivity contribution in [2.45, 2.75) is 0 Å². The number of halogens is 1. The summed E-state index contributed by atoms with van der Waals surface area (Å²) in [6, 6.07) is 11.8. The van der Waals surface area contributed by atoms with Crippen molar-refractivity contribution in [3.8, 4) is 5.75 Å². The van der Waals surface area contributed by atoms with Gasteiger partial charge >= 0.3 is 0 Å². The van der Waals surface area contributed by atoms with Gasteiger partial charge in [-0.25, -0.2) is 5.43 Å².